The molecule has 0 atom stereocenters. The van der Waals surface area contributed by atoms with Crippen molar-refractivity contribution >= 4 is 18.0 Å². The molecule has 2 amide bonds. The molecule has 1 fully saturated rings. The van der Waals surface area contributed by atoms with E-state index in [-0.39, 0.29) is 32.8 Å². The highest BCUT2D eigenvalue weighted by atomic mass is 16.6. The molecule has 94 valence electrons. The molecule has 0 aromatic carbocycles. The van der Waals surface area contributed by atoms with Crippen LogP contribution in [0.5, 0.6) is 0 Å². The first kappa shape index (κ1) is 13.0. The molecule has 1 saturated heterocycles. The summed E-state index contributed by atoms with van der Waals surface area (Å²) >= 11 is 0. The number of hydrogen-bond acceptors (Lipinski definition) is 4. The number of aliphatic carboxylic acids is 1. The Morgan fingerprint density at radius 3 is 2.18 bits per heavy atom. The van der Waals surface area contributed by atoms with Gasteiger partial charge in [0.25, 0.3) is 0 Å². The van der Waals surface area contributed by atoms with Gasteiger partial charge in [-0.3, -0.25) is 4.79 Å². The Morgan fingerprint density at radius 2 is 1.71 bits per heavy atom. The highest BCUT2D eigenvalue weighted by Crippen LogP contribution is 2.04. The van der Waals surface area contributed by atoms with Crippen LogP contribution >= 0.6 is 0 Å². The van der Waals surface area contributed by atoms with Crippen LogP contribution in [0.3, 0.4) is 0 Å². The lowest BCUT2D eigenvalue weighted by Crippen LogP contribution is -2.52. The average Bonchev–Trinajstić information content (AvgIpc) is 2.35. The smallest absolute Gasteiger partial charge is 0.410 e. The minimum atomic E-state index is -1.48. The van der Waals surface area contributed by atoms with Crippen molar-refractivity contribution in [1.82, 2.24) is 9.80 Å². The van der Waals surface area contributed by atoms with Crippen molar-refractivity contribution in [3.05, 3.63) is 12.7 Å². The van der Waals surface area contributed by atoms with E-state index in [1.807, 2.05) is 0 Å². The van der Waals surface area contributed by atoms with Gasteiger partial charge in [-0.05, 0) is 0 Å². The van der Waals surface area contributed by atoms with Crippen LogP contribution in [-0.4, -0.2) is 65.7 Å². The molecule has 0 bridgehead atoms. The topological polar surface area (TPSA) is 87.2 Å². The van der Waals surface area contributed by atoms with Crippen molar-refractivity contribution in [2.24, 2.45) is 0 Å². The Labute approximate surface area is 98.2 Å². The van der Waals surface area contributed by atoms with Crippen molar-refractivity contribution in [3.8, 4) is 0 Å². The monoisotopic (exact) mass is 242 g/mol. The van der Waals surface area contributed by atoms with Crippen LogP contribution < -0.4 is 0 Å². The maximum atomic E-state index is 11.4. The fourth-order valence-corrected chi connectivity index (χ4v) is 1.45. The van der Waals surface area contributed by atoms with Crippen LogP contribution in [0.15, 0.2) is 12.7 Å². The van der Waals surface area contributed by atoms with Gasteiger partial charge in [-0.25, -0.2) is 9.59 Å². The third kappa shape index (κ3) is 3.47. The number of nitrogens with zero attached hydrogens (tertiary/aromatic N) is 2. The summed E-state index contributed by atoms with van der Waals surface area (Å²) in [4.78, 5) is 35.6. The normalized spacial score (nSPS) is 15.3. The number of carbonyl (C=O) groups is 3. The van der Waals surface area contributed by atoms with Gasteiger partial charge in [0.15, 0.2) is 0 Å². The van der Waals surface area contributed by atoms with E-state index in [1.165, 1.54) is 15.9 Å². The van der Waals surface area contributed by atoms with E-state index < -0.39 is 18.0 Å². The third-order valence-electron chi connectivity index (χ3n) is 2.33. The molecule has 1 aliphatic heterocycles. The van der Waals surface area contributed by atoms with Crippen molar-refractivity contribution in [3.63, 3.8) is 0 Å². The van der Waals surface area contributed by atoms with E-state index in [9.17, 15) is 14.4 Å². The van der Waals surface area contributed by atoms with Crippen LogP contribution in [0.4, 0.5) is 4.79 Å². The molecule has 17 heavy (non-hydrogen) atoms. The van der Waals surface area contributed by atoms with Crippen molar-refractivity contribution in [1.29, 1.82) is 0 Å². The molecule has 1 rings (SSSR count). The van der Waals surface area contributed by atoms with Gasteiger partial charge in [0, 0.05) is 26.2 Å². The molecule has 0 radical (unpaired) electrons. The quantitative estimate of drug-likeness (QED) is 0.523. The maximum Gasteiger partial charge on any atom is 0.410 e. The van der Waals surface area contributed by atoms with E-state index in [1.54, 1.807) is 0 Å². The van der Waals surface area contributed by atoms with Gasteiger partial charge in [-0.2, -0.15) is 0 Å². The summed E-state index contributed by atoms with van der Waals surface area (Å²) < 4.78 is 4.82. The van der Waals surface area contributed by atoms with Crippen LogP contribution in [0.25, 0.3) is 0 Å². The Bertz CT molecular complexity index is 334. The summed E-state index contributed by atoms with van der Waals surface area (Å²) in [5.41, 5.74) is 0. The molecule has 7 nitrogen and oxygen atoms in total. The Kier molecular flexibility index (Phi) is 4.50. The summed E-state index contributed by atoms with van der Waals surface area (Å²) in [5.74, 6) is -2.42. The molecule has 1 N–H and O–H groups in total. The van der Waals surface area contributed by atoms with Crippen LogP contribution in [0.2, 0.25) is 0 Å². The minimum Gasteiger partial charge on any atom is -0.474 e. The second-order valence-electron chi connectivity index (χ2n) is 3.45. The number of carboxylic acids is 1. The van der Waals surface area contributed by atoms with Gasteiger partial charge in [0.05, 0.1) is 0 Å². The highest BCUT2D eigenvalue weighted by Gasteiger charge is 2.27. The molecule has 7 heteroatoms. The maximum absolute atomic E-state index is 11.4. The molecular formula is C10H14N2O5. The number of piperazine rings is 1. The second-order valence-corrected chi connectivity index (χ2v) is 3.45. The van der Waals surface area contributed by atoms with E-state index in [2.05, 4.69) is 6.58 Å². The number of carbonyl (C=O) groups excluding carboxylic acids is 2. The standard InChI is InChI=1S/C10H14N2O5/c1-2-7-17-10(16)12-5-3-11(4-6-12)8(13)9(14)15/h2H,1,3-7H2,(H,14,15). The Hall–Kier alpha value is -2.05. The van der Waals surface area contributed by atoms with Crippen LogP contribution in [-0.2, 0) is 14.3 Å². The molecule has 0 aliphatic carbocycles. The van der Waals surface area contributed by atoms with Gasteiger partial charge in [0.1, 0.15) is 6.61 Å². The molecule has 0 aromatic heterocycles. The van der Waals surface area contributed by atoms with E-state index >= 15 is 0 Å². The van der Waals surface area contributed by atoms with Crippen molar-refractivity contribution in [2.45, 2.75) is 0 Å². The SMILES string of the molecule is C=CCOC(=O)N1CCN(C(=O)C(=O)O)CC1. The van der Waals surface area contributed by atoms with Gasteiger partial charge in [-0.15, -0.1) is 0 Å². The first-order valence-electron chi connectivity index (χ1n) is 5.11. The molecule has 0 spiro atoms. The summed E-state index contributed by atoms with van der Waals surface area (Å²) in [6.07, 6.45) is 0.981. The van der Waals surface area contributed by atoms with E-state index in [4.69, 9.17) is 9.84 Å². The van der Waals surface area contributed by atoms with E-state index in [0.29, 0.717) is 0 Å². The predicted octanol–water partition coefficient (Wildman–Crippen LogP) is -0.462. The lowest BCUT2D eigenvalue weighted by Gasteiger charge is -2.33. The molecular weight excluding hydrogens is 228 g/mol. The molecule has 1 aliphatic rings. The lowest BCUT2D eigenvalue weighted by molar-refractivity contribution is -0.156. The van der Waals surface area contributed by atoms with Crippen molar-refractivity contribution in [2.75, 3.05) is 32.8 Å². The Balaban J connectivity index is 2.40. The number of carboxylic acid groups (broad SMARTS) is 1. The molecule has 0 unspecified atom stereocenters. The summed E-state index contributed by atoms with van der Waals surface area (Å²) in [5, 5.41) is 8.52. The fourth-order valence-electron chi connectivity index (χ4n) is 1.45. The number of hydrogen-bond donors (Lipinski definition) is 1. The summed E-state index contributed by atoms with van der Waals surface area (Å²) in [6, 6.07) is 0. The second kappa shape index (κ2) is 5.88. The zero-order valence-electron chi connectivity index (χ0n) is 9.29. The first-order valence-corrected chi connectivity index (χ1v) is 5.11. The zero-order valence-corrected chi connectivity index (χ0v) is 9.29. The van der Waals surface area contributed by atoms with Crippen molar-refractivity contribution < 1.29 is 24.2 Å². The molecule has 1 heterocycles. The largest absolute Gasteiger partial charge is 0.474 e. The van der Waals surface area contributed by atoms with Gasteiger partial charge < -0.3 is 19.6 Å². The van der Waals surface area contributed by atoms with Crippen LogP contribution in [0.1, 0.15) is 0 Å². The highest BCUT2D eigenvalue weighted by molar-refractivity contribution is 6.31. The minimum absolute atomic E-state index is 0.132. The Morgan fingerprint density at radius 1 is 1.18 bits per heavy atom. The van der Waals surface area contributed by atoms with Gasteiger partial charge in [0.2, 0.25) is 0 Å². The number of amides is 2. The summed E-state index contributed by atoms with van der Waals surface area (Å²) in [6.45, 7) is 4.50. The molecule has 0 aromatic rings. The first-order chi connectivity index (χ1) is 8.06. The number of ether oxygens (including phenoxy) is 1. The average molecular weight is 242 g/mol. The number of rotatable bonds is 2. The van der Waals surface area contributed by atoms with Gasteiger partial charge >= 0.3 is 18.0 Å². The predicted molar refractivity (Wildman–Crippen MR) is 57.3 cm³/mol. The van der Waals surface area contributed by atoms with Crippen LogP contribution in [0, 0.1) is 0 Å². The zero-order chi connectivity index (χ0) is 12.8. The molecule has 0 saturated carbocycles. The fraction of sp³-hybridized carbons (Fsp3) is 0.500. The third-order valence-corrected chi connectivity index (χ3v) is 2.33. The summed E-state index contributed by atoms with van der Waals surface area (Å²) in [7, 11) is 0. The lowest BCUT2D eigenvalue weighted by atomic mass is 10.3. The van der Waals surface area contributed by atoms with Gasteiger partial charge in [-0.1, -0.05) is 12.7 Å². The van der Waals surface area contributed by atoms with E-state index in [0.717, 1.165) is 0 Å².